The van der Waals surface area contributed by atoms with E-state index in [2.05, 4.69) is 17.1 Å². The third kappa shape index (κ3) is 6.14. The predicted molar refractivity (Wildman–Crippen MR) is 114 cm³/mol. The van der Waals surface area contributed by atoms with Crippen LogP contribution in [0.4, 0.5) is 13.2 Å². The predicted octanol–water partition coefficient (Wildman–Crippen LogP) is 5.18. The number of likely N-dealkylation sites (tertiary alicyclic amines) is 1. The van der Waals surface area contributed by atoms with E-state index < -0.39 is 11.7 Å². The van der Waals surface area contributed by atoms with Crippen LogP contribution in [0.2, 0.25) is 0 Å². The van der Waals surface area contributed by atoms with Gasteiger partial charge in [-0.05, 0) is 24.6 Å². The number of halogens is 3. The number of guanidine groups is 1. The molecule has 1 aromatic carbocycles. The van der Waals surface area contributed by atoms with Crippen molar-refractivity contribution in [2.45, 2.75) is 64.0 Å². The molecule has 1 saturated heterocycles. The third-order valence-corrected chi connectivity index (χ3v) is 5.56. The molecule has 0 radical (unpaired) electrons. The van der Waals surface area contributed by atoms with E-state index >= 15 is 0 Å². The van der Waals surface area contributed by atoms with Crippen molar-refractivity contribution >= 4 is 5.96 Å². The maximum absolute atomic E-state index is 13.6. The molecule has 0 bridgehead atoms. The summed E-state index contributed by atoms with van der Waals surface area (Å²) in [5.41, 5.74) is 4.76. The normalized spacial score (nSPS) is 14.4. The zero-order chi connectivity index (χ0) is 23.1. The number of nitrogens with two attached hydrogens (primary N) is 1. The number of aromatic nitrogens is 2. The molecule has 0 aliphatic carbocycles. The van der Waals surface area contributed by atoms with Gasteiger partial charge in [-0.25, -0.2) is 0 Å². The Bertz CT molecular complexity index is 894. The molecule has 1 aliphatic rings. The molecule has 1 aliphatic heterocycles. The maximum atomic E-state index is 13.6. The van der Waals surface area contributed by atoms with Crippen LogP contribution >= 0.6 is 0 Å². The lowest BCUT2D eigenvalue weighted by Crippen LogP contribution is -2.51. The smallest absolute Gasteiger partial charge is 0.419 e. The Balaban J connectivity index is 1.60. The van der Waals surface area contributed by atoms with Crippen LogP contribution < -0.4 is 10.5 Å². The average Bonchev–Trinajstić information content (AvgIpc) is 3.17. The van der Waals surface area contributed by atoms with Crippen LogP contribution in [0.3, 0.4) is 0 Å². The fraction of sp³-hybridized carbons (Fsp3) is 0.591. The summed E-state index contributed by atoms with van der Waals surface area (Å²) in [7, 11) is 0. The molecule has 1 aromatic heterocycles. The van der Waals surface area contributed by atoms with Gasteiger partial charge in [-0.2, -0.15) is 18.2 Å². The number of nitrogens with zero attached hydrogens (tertiary/aromatic N) is 3. The molecule has 0 spiro atoms. The Hall–Kier alpha value is -2.78. The summed E-state index contributed by atoms with van der Waals surface area (Å²) in [6, 6.07) is 3.82. The van der Waals surface area contributed by atoms with E-state index in [1.165, 1.54) is 31.4 Å². The summed E-state index contributed by atoms with van der Waals surface area (Å²) in [5.74, 6) is 0.0949. The molecule has 7 nitrogen and oxygen atoms in total. The van der Waals surface area contributed by atoms with E-state index in [1.54, 1.807) is 4.90 Å². The van der Waals surface area contributed by atoms with Crippen molar-refractivity contribution in [2.24, 2.45) is 5.73 Å². The summed E-state index contributed by atoms with van der Waals surface area (Å²) in [6.07, 6.45) is 2.92. The summed E-state index contributed by atoms with van der Waals surface area (Å²) in [5, 5.41) is 11.2. The molecule has 3 N–H and O–H groups in total. The molecule has 0 atom stereocenters. The topological polar surface area (TPSA) is 101 Å². The molecule has 2 heterocycles. The zero-order valence-corrected chi connectivity index (χ0v) is 18.2. The van der Waals surface area contributed by atoms with Crippen LogP contribution in [0.5, 0.6) is 5.75 Å². The SMILES string of the molecule is CCCCCCCCCOc1ccc(-c2noc(C3CN(C(=N)N)C3)n2)cc1C(F)(F)F. The minimum atomic E-state index is -4.56. The molecule has 10 heteroatoms. The molecule has 32 heavy (non-hydrogen) atoms. The Morgan fingerprint density at radius 1 is 1.19 bits per heavy atom. The Labute approximate surface area is 185 Å². The second-order valence-corrected chi connectivity index (χ2v) is 8.12. The molecule has 0 unspecified atom stereocenters. The number of rotatable bonds is 11. The fourth-order valence-corrected chi connectivity index (χ4v) is 3.61. The highest BCUT2D eigenvalue weighted by Gasteiger charge is 2.36. The number of ether oxygens (including phenoxy) is 1. The van der Waals surface area contributed by atoms with Crippen LogP contribution in [0.25, 0.3) is 11.4 Å². The number of hydrogen-bond acceptors (Lipinski definition) is 5. The molecule has 176 valence electrons. The molecule has 0 amide bonds. The van der Waals surface area contributed by atoms with Crippen LogP contribution in [0, 0.1) is 5.41 Å². The third-order valence-electron chi connectivity index (χ3n) is 5.56. The second-order valence-electron chi connectivity index (χ2n) is 8.12. The zero-order valence-electron chi connectivity index (χ0n) is 18.2. The molecule has 2 aromatic rings. The lowest BCUT2D eigenvalue weighted by atomic mass is 10.0. The van der Waals surface area contributed by atoms with Crippen LogP contribution in [0.15, 0.2) is 22.7 Å². The number of hydrogen-bond donors (Lipinski definition) is 2. The van der Waals surface area contributed by atoms with E-state index in [0.29, 0.717) is 19.0 Å². The lowest BCUT2D eigenvalue weighted by Gasteiger charge is -2.37. The van der Waals surface area contributed by atoms with Crippen molar-refractivity contribution in [3.63, 3.8) is 0 Å². The fourth-order valence-electron chi connectivity index (χ4n) is 3.61. The Morgan fingerprint density at radius 3 is 2.53 bits per heavy atom. The number of nitrogens with one attached hydrogen (secondary N) is 1. The van der Waals surface area contributed by atoms with Crippen molar-refractivity contribution in [3.05, 3.63) is 29.7 Å². The van der Waals surface area contributed by atoms with Crippen molar-refractivity contribution in [3.8, 4) is 17.1 Å². The van der Waals surface area contributed by atoms with Crippen molar-refractivity contribution < 1.29 is 22.4 Å². The monoisotopic (exact) mass is 453 g/mol. The minimum absolute atomic E-state index is 0.0390. The van der Waals surface area contributed by atoms with Gasteiger partial charge in [0.1, 0.15) is 5.75 Å². The summed E-state index contributed by atoms with van der Waals surface area (Å²) in [4.78, 5) is 5.87. The molecule has 0 saturated carbocycles. The molecular weight excluding hydrogens is 423 g/mol. The van der Waals surface area contributed by atoms with Crippen molar-refractivity contribution in [1.29, 1.82) is 5.41 Å². The maximum Gasteiger partial charge on any atom is 0.419 e. The highest BCUT2D eigenvalue weighted by molar-refractivity contribution is 5.75. The first-order chi connectivity index (χ1) is 15.3. The highest BCUT2D eigenvalue weighted by Crippen LogP contribution is 2.39. The average molecular weight is 454 g/mol. The van der Waals surface area contributed by atoms with E-state index in [0.717, 1.165) is 31.7 Å². The van der Waals surface area contributed by atoms with Crippen LogP contribution in [-0.4, -0.2) is 40.7 Å². The van der Waals surface area contributed by atoms with E-state index in [9.17, 15) is 13.2 Å². The molecular formula is C22H30F3N5O2. The van der Waals surface area contributed by atoms with E-state index in [-0.39, 0.29) is 35.6 Å². The van der Waals surface area contributed by atoms with Gasteiger partial charge in [0, 0.05) is 18.7 Å². The number of unbranched alkanes of at least 4 members (excludes halogenated alkanes) is 6. The van der Waals surface area contributed by atoms with Gasteiger partial charge < -0.3 is 19.9 Å². The van der Waals surface area contributed by atoms with Gasteiger partial charge in [0.2, 0.25) is 11.7 Å². The summed E-state index contributed by atoms with van der Waals surface area (Å²) < 4.78 is 51.6. The quantitative estimate of drug-likeness (QED) is 0.276. The van der Waals surface area contributed by atoms with Crippen molar-refractivity contribution in [2.75, 3.05) is 19.7 Å². The molecule has 1 fully saturated rings. The van der Waals surface area contributed by atoms with Gasteiger partial charge in [-0.3, -0.25) is 5.41 Å². The van der Waals surface area contributed by atoms with Crippen molar-refractivity contribution in [1.82, 2.24) is 15.0 Å². The lowest BCUT2D eigenvalue weighted by molar-refractivity contribution is -0.138. The first-order valence-electron chi connectivity index (χ1n) is 11.1. The first-order valence-corrected chi connectivity index (χ1v) is 11.1. The van der Waals surface area contributed by atoms with Crippen LogP contribution in [-0.2, 0) is 6.18 Å². The van der Waals surface area contributed by atoms with Gasteiger partial charge in [0.15, 0.2) is 5.96 Å². The van der Waals surface area contributed by atoms with E-state index in [4.69, 9.17) is 20.4 Å². The van der Waals surface area contributed by atoms with Gasteiger partial charge in [-0.1, -0.05) is 50.6 Å². The Morgan fingerprint density at radius 2 is 1.88 bits per heavy atom. The van der Waals surface area contributed by atoms with Crippen LogP contribution in [0.1, 0.15) is 69.2 Å². The van der Waals surface area contributed by atoms with Gasteiger partial charge >= 0.3 is 6.18 Å². The largest absolute Gasteiger partial charge is 0.493 e. The number of alkyl halides is 3. The summed E-state index contributed by atoms with van der Waals surface area (Å²) >= 11 is 0. The van der Waals surface area contributed by atoms with Gasteiger partial charge in [-0.15, -0.1) is 0 Å². The molecule has 3 rings (SSSR count). The highest BCUT2D eigenvalue weighted by atomic mass is 19.4. The Kier molecular flexibility index (Phi) is 7.98. The minimum Gasteiger partial charge on any atom is -0.493 e. The van der Waals surface area contributed by atoms with Gasteiger partial charge in [0.25, 0.3) is 0 Å². The first kappa shape index (κ1) is 23.9. The van der Waals surface area contributed by atoms with E-state index in [1.807, 2.05) is 0 Å². The second kappa shape index (κ2) is 10.7. The standard InChI is InChI=1S/C22H30F3N5O2/c1-2-3-4-5-6-7-8-11-31-18-10-9-15(12-17(18)22(23,24)25)19-28-20(32-29-19)16-13-30(14-16)21(26)27/h9-10,12,16H,2-8,11,13-14H2,1H3,(H3,26,27). The summed E-state index contributed by atoms with van der Waals surface area (Å²) in [6.45, 7) is 3.34. The van der Waals surface area contributed by atoms with Gasteiger partial charge in [0.05, 0.1) is 18.1 Å². The number of benzene rings is 1.